The van der Waals surface area contributed by atoms with E-state index >= 15 is 0 Å². The molecule has 2 aromatic heterocycles. The highest BCUT2D eigenvalue weighted by Crippen LogP contribution is 2.41. The number of carbonyl (C=O) groups excluding carboxylic acids is 2. The predicted molar refractivity (Wildman–Crippen MR) is 112 cm³/mol. The summed E-state index contributed by atoms with van der Waals surface area (Å²) in [6, 6.07) is 8.90. The first-order valence-corrected chi connectivity index (χ1v) is 10.6. The highest BCUT2D eigenvalue weighted by molar-refractivity contribution is 7.18. The van der Waals surface area contributed by atoms with Gasteiger partial charge in [0.05, 0.1) is 24.5 Å². The Bertz CT molecular complexity index is 1150. The lowest BCUT2D eigenvalue weighted by atomic mass is 9.86. The second-order valence-electron chi connectivity index (χ2n) is 7.16. The van der Waals surface area contributed by atoms with E-state index in [4.69, 9.17) is 4.74 Å². The number of ketones is 1. The maximum Gasteiger partial charge on any atom is 0.313 e. The first-order valence-electron chi connectivity index (χ1n) is 9.78. The monoisotopic (exact) mass is 410 g/mol. The van der Waals surface area contributed by atoms with Crippen molar-refractivity contribution in [2.24, 2.45) is 0 Å². The van der Waals surface area contributed by atoms with Gasteiger partial charge in [0.2, 0.25) is 0 Å². The normalized spacial score (nSPS) is 15.9. The molecule has 1 unspecified atom stereocenters. The molecule has 0 saturated carbocycles. The van der Waals surface area contributed by atoms with Gasteiger partial charge in [-0.05, 0) is 38.7 Å². The molecule has 6 nitrogen and oxygen atoms in total. The molecule has 1 aromatic carbocycles. The number of carbonyl (C=O) groups is 2. The van der Waals surface area contributed by atoms with E-state index in [-0.39, 0.29) is 23.9 Å². The molecule has 0 aliphatic heterocycles. The SMILES string of the molecule is CCOC(=O)C1CCCc2sc3nc(C)n(CC(=O)c4ccccc4)c(=O)c3c21. The number of Topliss-reactive ketones (excluding diaryl/α,β-unsaturated/α-hetero) is 1. The van der Waals surface area contributed by atoms with Crippen molar-refractivity contribution in [3.05, 3.63) is 62.5 Å². The predicted octanol–water partition coefficient (Wildman–Crippen LogP) is 3.63. The van der Waals surface area contributed by atoms with E-state index in [0.29, 0.717) is 34.6 Å². The van der Waals surface area contributed by atoms with Gasteiger partial charge >= 0.3 is 5.97 Å². The van der Waals surface area contributed by atoms with Crippen LogP contribution in [0.3, 0.4) is 0 Å². The Morgan fingerprint density at radius 1 is 1.28 bits per heavy atom. The smallest absolute Gasteiger partial charge is 0.313 e. The van der Waals surface area contributed by atoms with E-state index in [2.05, 4.69) is 4.98 Å². The van der Waals surface area contributed by atoms with Crippen LogP contribution in [-0.4, -0.2) is 27.9 Å². The Labute approximate surface area is 172 Å². The summed E-state index contributed by atoms with van der Waals surface area (Å²) in [6.45, 7) is 3.74. The largest absolute Gasteiger partial charge is 0.466 e. The van der Waals surface area contributed by atoms with Crippen molar-refractivity contribution in [3.8, 4) is 0 Å². The molecule has 0 N–H and O–H groups in total. The highest BCUT2D eigenvalue weighted by atomic mass is 32.1. The molecule has 1 aliphatic rings. The quantitative estimate of drug-likeness (QED) is 0.474. The summed E-state index contributed by atoms with van der Waals surface area (Å²) in [5.41, 5.74) is 1.05. The van der Waals surface area contributed by atoms with Gasteiger partial charge in [-0.25, -0.2) is 4.98 Å². The molecule has 150 valence electrons. The molecule has 7 heteroatoms. The fourth-order valence-corrected chi connectivity index (χ4v) is 5.25. The van der Waals surface area contributed by atoms with Crippen LogP contribution in [0.1, 0.15) is 52.3 Å². The summed E-state index contributed by atoms with van der Waals surface area (Å²) >= 11 is 1.47. The summed E-state index contributed by atoms with van der Waals surface area (Å²) in [6.07, 6.45) is 2.37. The van der Waals surface area contributed by atoms with Gasteiger partial charge in [-0.1, -0.05) is 30.3 Å². The minimum absolute atomic E-state index is 0.0771. The number of hydrogen-bond acceptors (Lipinski definition) is 6. The van der Waals surface area contributed by atoms with E-state index in [1.54, 1.807) is 38.1 Å². The standard InChI is InChI=1S/C22H22N2O4S/c1-3-28-22(27)15-10-7-11-17-18(15)19-20(29-17)23-13(2)24(21(19)26)12-16(25)14-8-5-4-6-9-14/h4-6,8-9,15H,3,7,10-12H2,1-2H3. The number of esters is 1. The first-order chi connectivity index (χ1) is 14.0. The molecular formula is C22H22N2O4S. The lowest BCUT2D eigenvalue weighted by molar-refractivity contribution is -0.145. The number of aromatic nitrogens is 2. The fraction of sp³-hybridized carbons (Fsp3) is 0.364. The van der Waals surface area contributed by atoms with Crippen molar-refractivity contribution >= 4 is 33.3 Å². The van der Waals surface area contributed by atoms with Gasteiger partial charge in [0.15, 0.2) is 5.78 Å². The van der Waals surface area contributed by atoms with Crippen LogP contribution in [0.2, 0.25) is 0 Å². The van der Waals surface area contributed by atoms with E-state index in [1.165, 1.54) is 15.9 Å². The minimum atomic E-state index is -0.442. The van der Waals surface area contributed by atoms with Crippen LogP contribution >= 0.6 is 11.3 Å². The summed E-state index contributed by atoms with van der Waals surface area (Å²) < 4.78 is 6.67. The molecule has 0 amide bonds. The van der Waals surface area contributed by atoms with E-state index in [1.807, 2.05) is 6.07 Å². The van der Waals surface area contributed by atoms with Crippen molar-refractivity contribution < 1.29 is 14.3 Å². The summed E-state index contributed by atoms with van der Waals surface area (Å²) in [5.74, 6) is -0.385. The Morgan fingerprint density at radius 2 is 2.03 bits per heavy atom. The summed E-state index contributed by atoms with van der Waals surface area (Å²) in [7, 11) is 0. The number of hydrogen-bond donors (Lipinski definition) is 0. The molecule has 0 bridgehead atoms. The second-order valence-corrected chi connectivity index (χ2v) is 8.24. The number of ether oxygens (including phenoxy) is 1. The maximum absolute atomic E-state index is 13.4. The van der Waals surface area contributed by atoms with Crippen molar-refractivity contribution in [1.82, 2.24) is 9.55 Å². The number of benzene rings is 1. The van der Waals surface area contributed by atoms with Crippen LogP contribution in [0.25, 0.3) is 10.2 Å². The molecule has 0 saturated heterocycles. The number of fused-ring (bicyclic) bond motifs is 3. The van der Waals surface area contributed by atoms with Crippen molar-refractivity contribution in [2.45, 2.75) is 45.6 Å². The average molecular weight is 410 g/mol. The lowest BCUT2D eigenvalue weighted by Gasteiger charge is -2.21. The topological polar surface area (TPSA) is 78.3 Å². The zero-order valence-electron chi connectivity index (χ0n) is 16.4. The zero-order valence-corrected chi connectivity index (χ0v) is 17.3. The molecule has 0 radical (unpaired) electrons. The number of rotatable bonds is 5. The van der Waals surface area contributed by atoms with Gasteiger partial charge in [0.25, 0.3) is 5.56 Å². The van der Waals surface area contributed by atoms with Gasteiger partial charge in [0.1, 0.15) is 10.7 Å². The highest BCUT2D eigenvalue weighted by Gasteiger charge is 2.33. The Kier molecular flexibility index (Phi) is 5.32. The van der Waals surface area contributed by atoms with Crippen LogP contribution in [0, 0.1) is 6.92 Å². The van der Waals surface area contributed by atoms with Crippen LogP contribution in [0.4, 0.5) is 0 Å². The number of aryl methyl sites for hydroxylation is 2. The maximum atomic E-state index is 13.4. The molecule has 4 rings (SSSR count). The average Bonchev–Trinajstić information content (AvgIpc) is 3.10. The molecule has 0 fully saturated rings. The second kappa shape index (κ2) is 7.91. The lowest BCUT2D eigenvalue weighted by Crippen LogP contribution is -2.29. The first kappa shape index (κ1) is 19.5. The van der Waals surface area contributed by atoms with Crippen LogP contribution in [0.15, 0.2) is 35.1 Å². The van der Waals surface area contributed by atoms with E-state index < -0.39 is 5.92 Å². The number of nitrogens with zero attached hydrogens (tertiary/aromatic N) is 2. The van der Waals surface area contributed by atoms with E-state index in [9.17, 15) is 14.4 Å². The molecule has 3 aromatic rings. The summed E-state index contributed by atoms with van der Waals surface area (Å²) in [5, 5.41) is 0.467. The van der Waals surface area contributed by atoms with E-state index in [0.717, 1.165) is 23.3 Å². The Balaban J connectivity index is 1.82. The zero-order chi connectivity index (χ0) is 20.5. The van der Waals surface area contributed by atoms with Crippen molar-refractivity contribution in [1.29, 1.82) is 0 Å². The molecular weight excluding hydrogens is 388 g/mol. The van der Waals surface area contributed by atoms with Gasteiger partial charge in [-0.3, -0.25) is 19.0 Å². The fourth-order valence-electron chi connectivity index (χ4n) is 3.94. The Morgan fingerprint density at radius 3 is 2.76 bits per heavy atom. The van der Waals surface area contributed by atoms with Gasteiger partial charge in [-0.15, -0.1) is 11.3 Å². The van der Waals surface area contributed by atoms with Crippen molar-refractivity contribution in [2.75, 3.05) is 6.61 Å². The van der Waals surface area contributed by atoms with Crippen LogP contribution < -0.4 is 5.56 Å². The van der Waals surface area contributed by atoms with Gasteiger partial charge < -0.3 is 4.74 Å². The van der Waals surface area contributed by atoms with Crippen LogP contribution in [0.5, 0.6) is 0 Å². The summed E-state index contributed by atoms with van der Waals surface area (Å²) in [4.78, 5) is 44.9. The molecule has 0 spiro atoms. The molecule has 2 heterocycles. The molecule has 1 aliphatic carbocycles. The van der Waals surface area contributed by atoms with Crippen molar-refractivity contribution in [3.63, 3.8) is 0 Å². The third kappa shape index (κ3) is 3.51. The van der Waals surface area contributed by atoms with Crippen LogP contribution in [-0.2, 0) is 22.5 Å². The van der Waals surface area contributed by atoms with Gasteiger partial charge in [-0.2, -0.15) is 0 Å². The number of thiophene rings is 1. The minimum Gasteiger partial charge on any atom is -0.466 e. The Hall–Kier alpha value is -2.80. The third-order valence-corrected chi connectivity index (χ3v) is 6.49. The van der Waals surface area contributed by atoms with Gasteiger partial charge in [0, 0.05) is 10.4 Å². The molecule has 29 heavy (non-hydrogen) atoms. The molecule has 1 atom stereocenters. The third-order valence-electron chi connectivity index (χ3n) is 5.33.